The summed E-state index contributed by atoms with van der Waals surface area (Å²) in [4.78, 5) is 22.6. The number of rotatable bonds is 7. The number of aromatic nitrogens is 2. The summed E-state index contributed by atoms with van der Waals surface area (Å²) in [5, 5.41) is 0. The number of ether oxygens (including phenoxy) is 1. The molecule has 0 radical (unpaired) electrons. The Morgan fingerprint density at radius 3 is 2.81 bits per heavy atom. The molecule has 1 aliphatic rings. The van der Waals surface area contributed by atoms with E-state index in [1.807, 2.05) is 6.07 Å². The highest BCUT2D eigenvalue weighted by Crippen LogP contribution is 2.36. The fraction of sp³-hybridized carbons (Fsp3) is 0.261. The van der Waals surface area contributed by atoms with Gasteiger partial charge in [-0.25, -0.2) is 14.4 Å². The third kappa shape index (κ3) is 4.80. The first-order chi connectivity index (χ1) is 15.0. The van der Waals surface area contributed by atoms with E-state index >= 15 is 0 Å². The second kappa shape index (κ2) is 9.09. The summed E-state index contributed by atoms with van der Waals surface area (Å²) in [5.41, 5.74) is 14.3. The van der Waals surface area contributed by atoms with Gasteiger partial charge in [0.2, 0.25) is 11.9 Å². The van der Waals surface area contributed by atoms with Crippen LogP contribution in [0.2, 0.25) is 0 Å². The lowest BCUT2D eigenvalue weighted by atomic mass is 9.98. The number of carbonyl (C=O) groups excluding carboxylic acids is 1. The zero-order chi connectivity index (χ0) is 21.8. The second-order valence-corrected chi connectivity index (χ2v) is 7.47. The van der Waals surface area contributed by atoms with Gasteiger partial charge in [0.25, 0.3) is 0 Å². The highest BCUT2D eigenvalue weighted by Gasteiger charge is 2.29. The van der Waals surface area contributed by atoms with E-state index in [2.05, 4.69) is 14.9 Å². The molecule has 4 N–H and O–H groups in total. The van der Waals surface area contributed by atoms with Crippen molar-refractivity contribution < 1.29 is 13.9 Å². The molecule has 2 heterocycles. The van der Waals surface area contributed by atoms with Crippen LogP contribution in [0.4, 0.5) is 10.3 Å². The molecule has 0 unspecified atom stereocenters. The maximum atomic E-state index is 13.1. The molecule has 0 aliphatic carbocycles. The molecule has 3 aromatic rings. The van der Waals surface area contributed by atoms with Crippen LogP contribution in [0.1, 0.15) is 34.9 Å². The molecule has 0 spiro atoms. The molecular formula is C23H24FN5O2. The molecular weight excluding hydrogens is 397 g/mol. The summed E-state index contributed by atoms with van der Waals surface area (Å²) in [7, 11) is 0. The monoisotopic (exact) mass is 421 g/mol. The van der Waals surface area contributed by atoms with Crippen LogP contribution in [0.5, 0.6) is 5.75 Å². The molecule has 31 heavy (non-hydrogen) atoms. The number of nitrogens with zero attached hydrogens (tertiary/aromatic N) is 3. The van der Waals surface area contributed by atoms with E-state index in [1.165, 1.54) is 12.1 Å². The molecule has 1 atom stereocenters. The fourth-order valence-corrected chi connectivity index (χ4v) is 3.94. The standard InChI is InChI=1S/C23H24FN5O2/c24-17-6-8-18(9-7-17)31-12-11-29-10-2-5-20(29)21-19(14-27-23(26)28-21)15-3-1-4-16(13-15)22(25)30/h1,3-4,6-9,13-14,20H,2,5,10-12H2,(H2,25,30)(H2,26,27,28)/t20-/m1/s1. The lowest BCUT2D eigenvalue weighted by Crippen LogP contribution is -2.29. The van der Waals surface area contributed by atoms with Crippen molar-refractivity contribution in [1.29, 1.82) is 0 Å². The predicted octanol–water partition coefficient (Wildman–Crippen LogP) is 3.18. The van der Waals surface area contributed by atoms with E-state index in [9.17, 15) is 9.18 Å². The molecule has 4 rings (SSSR count). The van der Waals surface area contributed by atoms with Gasteiger partial charge in [-0.15, -0.1) is 0 Å². The summed E-state index contributed by atoms with van der Waals surface area (Å²) in [6.07, 6.45) is 3.64. The highest BCUT2D eigenvalue weighted by molar-refractivity contribution is 5.94. The Hall–Kier alpha value is -3.52. The van der Waals surface area contributed by atoms with Crippen LogP contribution in [0.25, 0.3) is 11.1 Å². The van der Waals surface area contributed by atoms with E-state index in [0.29, 0.717) is 24.5 Å². The molecule has 7 nitrogen and oxygen atoms in total. The number of primary amides is 1. The minimum atomic E-state index is -0.486. The zero-order valence-electron chi connectivity index (χ0n) is 17.0. The van der Waals surface area contributed by atoms with Crippen molar-refractivity contribution in [2.75, 3.05) is 25.4 Å². The normalized spacial score (nSPS) is 16.4. The topological polar surface area (TPSA) is 107 Å². The molecule has 1 amide bonds. The van der Waals surface area contributed by atoms with Crippen molar-refractivity contribution in [1.82, 2.24) is 14.9 Å². The fourth-order valence-electron chi connectivity index (χ4n) is 3.94. The molecule has 1 aliphatic heterocycles. The van der Waals surface area contributed by atoms with Gasteiger partial charge in [-0.3, -0.25) is 9.69 Å². The highest BCUT2D eigenvalue weighted by atomic mass is 19.1. The van der Waals surface area contributed by atoms with E-state index in [4.69, 9.17) is 16.2 Å². The third-order valence-corrected chi connectivity index (χ3v) is 5.44. The van der Waals surface area contributed by atoms with Gasteiger partial charge in [0, 0.05) is 23.9 Å². The van der Waals surface area contributed by atoms with E-state index in [0.717, 1.165) is 36.2 Å². The molecule has 8 heteroatoms. The molecule has 1 fully saturated rings. The van der Waals surface area contributed by atoms with Crippen LogP contribution < -0.4 is 16.2 Å². The van der Waals surface area contributed by atoms with Gasteiger partial charge < -0.3 is 16.2 Å². The maximum Gasteiger partial charge on any atom is 0.248 e. The van der Waals surface area contributed by atoms with Crippen LogP contribution >= 0.6 is 0 Å². The van der Waals surface area contributed by atoms with E-state index in [1.54, 1.807) is 36.5 Å². The first-order valence-corrected chi connectivity index (χ1v) is 10.2. The van der Waals surface area contributed by atoms with Crippen molar-refractivity contribution in [3.8, 4) is 16.9 Å². The van der Waals surface area contributed by atoms with Crippen LogP contribution in [0.3, 0.4) is 0 Å². The Bertz CT molecular complexity index is 1070. The number of hydrogen-bond acceptors (Lipinski definition) is 6. The minimum absolute atomic E-state index is 0.0503. The molecule has 1 aromatic heterocycles. The lowest BCUT2D eigenvalue weighted by Gasteiger charge is -2.26. The maximum absolute atomic E-state index is 13.1. The summed E-state index contributed by atoms with van der Waals surface area (Å²) >= 11 is 0. The van der Waals surface area contributed by atoms with Gasteiger partial charge in [0.05, 0.1) is 11.7 Å². The lowest BCUT2D eigenvalue weighted by molar-refractivity contribution is 0.100. The largest absolute Gasteiger partial charge is 0.492 e. The quantitative estimate of drug-likeness (QED) is 0.607. The Morgan fingerprint density at radius 2 is 2.03 bits per heavy atom. The molecule has 0 saturated carbocycles. The molecule has 160 valence electrons. The van der Waals surface area contributed by atoms with Gasteiger partial charge >= 0.3 is 0 Å². The number of carbonyl (C=O) groups is 1. The van der Waals surface area contributed by atoms with Gasteiger partial charge in [-0.1, -0.05) is 12.1 Å². The van der Waals surface area contributed by atoms with Gasteiger partial charge in [-0.05, 0) is 61.3 Å². The van der Waals surface area contributed by atoms with Crippen LogP contribution in [0.15, 0.2) is 54.7 Å². The number of anilines is 1. The molecule has 0 bridgehead atoms. The smallest absolute Gasteiger partial charge is 0.248 e. The van der Waals surface area contributed by atoms with Crippen molar-refractivity contribution in [2.24, 2.45) is 5.73 Å². The first kappa shape index (κ1) is 20.7. The zero-order valence-corrected chi connectivity index (χ0v) is 17.0. The number of nitrogens with two attached hydrogens (primary N) is 2. The van der Waals surface area contributed by atoms with Crippen LogP contribution in [-0.4, -0.2) is 40.5 Å². The Kier molecular flexibility index (Phi) is 6.08. The van der Waals surface area contributed by atoms with Crippen LogP contribution in [-0.2, 0) is 0 Å². The van der Waals surface area contributed by atoms with Crippen LogP contribution in [0, 0.1) is 5.82 Å². The van der Waals surface area contributed by atoms with Crippen molar-refractivity contribution in [3.63, 3.8) is 0 Å². The number of amides is 1. The van der Waals surface area contributed by atoms with Gasteiger partial charge in [-0.2, -0.15) is 0 Å². The number of likely N-dealkylation sites (tertiary alicyclic amines) is 1. The molecule has 1 saturated heterocycles. The summed E-state index contributed by atoms with van der Waals surface area (Å²) in [5.74, 6) is 0.0630. The Labute approximate surface area is 179 Å². The average molecular weight is 421 g/mol. The number of halogens is 1. The number of hydrogen-bond donors (Lipinski definition) is 2. The summed E-state index contributed by atoms with van der Waals surface area (Å²) < 4.78 is 18.8. The second-order valence-electron chi connectivity index (χ2n) is 7.47. The van der Waals surface area contributed by atoms with Crippen molar-refractivity contribution in [2.45, 2.75) is 18.9 Å². The minimum Gasteiger partial charge on any atom is -0.492 e. The number of nitrogen functional groups attached to an aromatic ring is 1. The van der Waals surface area contributed by atoms with E-state index < -0.39 is 5.91 Å². The first-order valence-electron chi connectivity index (χ1n) is 10.2. The van der Waals surface area contributed by atoms with Gasteiger partial charge in [0.1, 0.15) is 18.2 Å². The van der Waals surface area contributed by atoms with E-state index in [-0.39, 0.29) is 17.8 Å². The summed E-state index contributed by atoms with van der Waals surface area (Å²) in [6.45, 7) is 2.06. The number of benzene rings is 2. The Morgan fingerprint density at radius 1 is 1.23 bits per heavy atom. The SMILES string of the molecule is NC(=O)c1cccc(-c2cnc(N)nc2[C@H]2CCCN2CCOc2ccc(F)cc2)c1. The summed E-state index contributed by atoms with van der Waals surface area (Å²) in [6, 6.07) is 13.2. The average Bonchev–Trinajstić information content (AvgIpc) is 3.23. The third-order valence-electron chi connectivity index (χ3n) is 5.44. The Balaban J connectivity index is 1.55. The molecule has 2 aromatic carbocycles. The van der Waals surface area contributed by atoms with Gasteiger partial charge in [0.15, 0.2) is 0 Å². The van der Waals surface area contributed by atoms with Crippen molar-refractivity contribution in [3.05, 3.63) is 71.8 Å². The van der Waals surface area contributed by atoms with Crippen molar-refractivity contribution >= 4 is 11.9 Å². The predicted molar refractivity (Wildman–Crippen MR) is 116 cm³/mol.